The zero-order valence-electron chi connectivity index (χ0n) is 11.6. The van der Waals surface area contributed by atoms with E-state index in [1.807, 2.05) is 12.3 Å². The van der Waals surface area contributed by atoms with Crippen molar-refractivity contribution in [3.8, 4) is 0 Å². The van der Waals surface area contributed by atoms with Gasteiger partial charge in [0.1, 0.15) is 5.82 Å². The molecule has 1 saturated heterocycles. The van der Waals surface area contributed by atoms with Gasteiger partial charge in [-0.15, -0.1) is 0 Å². The van der Waals surface area contributed by atoms with Gasteiger partial charge in [0.2, 0.25) is 5.95 Å². The zero-order valence-corrected chi connectivity index (χ0v) is 11.6. The number of likely N-dealkylation sites (N-methyl/N-ethyl adjacent to an activating group) is 1. The minimum Gasteiger partial charge on any atom is -0.354 e. The topological polar surface area (TPSA) is 44.3 Å². The molecule has 2 rings (SSSR count). The molecule has 1 N–H and O–H groups in total. The molecule has 18 heavy (non-hydrogen) atoms. The summed E-state index contributed by atoms with van der Waals surface area (Å²) in [7, 11) is 0. The van der Waals surface area contributed by atoms with Crippen LogP contribution in [0.25, 0.3) is 0 Å². The average molecular weight is 249 g/mol. The molecule has 0 radical (unpaired) electrons. The van der Waals surface area contributed by atoms with Gasteiger partial charge in [0.15, 0.2) is 0 Å². The maximum atomic E-state index is 4.56. The second-order valence-electron chi connectivity index (χ2n) is 4.69. The summed E-state index contributed by atoms with van der Waals surface area (Å²) in [6.07, 6.45) is 1.83. The lowest BCUT2D eigenvalue weighted by Crippen LogP contribution is -2.52. The molecule has 0 bridgehead atoms. The molecule has 0 aromatic carbocycles. The van der Waals surface area contributed by atoms with Gasteiger partial charge in [-0.2, -0.15) is 4.98 Å². The molecule has 100 valence electrons. The van der Waals surface area contributed by atoms with Crippen LogP contribution in [0.3, 0.4) is 0 Å². The lowest BCUT2D eigenvalue weighted by molar-refractivity contribution is 0.199. The van der Waals surface area contributed by atoms with Gasteiger partial charge in [-0.25, -0.2) is 4.98 Å². The van der Waals surface area contributed by atoms with E-state index in [-0.39, 0.29) is 0 Å². The Morgan fingerprint density at radius 1 is 1.39 bits per heavy atom. The minimum atomic E-state index is 0.585. The van der Waals surface area contributed by atoms with Crippen molar-refractivity contribution >= 4 is 11.8 Å². The van der Waals surface area contributed by atoms with Crippen LogP contribution in [0.5, 0.6) is 0 Å². The van der Waals surface area contributed by atoms with Gasteiger partial charge in [0.25, 0.3) is 0 Å². The molecule has 1 aliphatic rings. The summed E-state index contributed by atoms with van der Waals surface area (Å²) in [4.78, 5) is 13.6. The molecule has 1 aromatic heterocycles. The van der Waals surface area contributed by atoms with Crippen molar-refractivity contribution in [2.45, 2.75) is 26.8 Å². The Morgan fingerprint density at radius 2 is 2.22 bits per heavy atom. The van der Waals surface area contributed by atoms with Gasteiger partial charge < -0.3 is 10.2 Å². The SMILES string of the molecule is CCNc1nccc(N2CCN(CC)C(C)C2)n1. The van der Waals surface area contributed by atoms with Crippen LogP contribution in [0.4, 0.5) is 11.8 Å². The Bertz CT molecular complexity index is 381. The molecule has 5 nitrogen and oxygen atoms in total. The van der Waals surface area contributed by atoms with E-state index in [0.717, 1.165) is 44.5 Å². The van der Waals surface area contributed by atoms with E-state index in [2.05, 4.69) is 45.9 Å². The van der Waals surface area contributed by atoms with Gasteiger partial charge in [-0.05, 0) is 26.5 Å². The van der Waals surface area contributed by atoms with E-state index in [0.29, 0.717) is 6.04 Å². The van der Waals surface area contributed by atoms with E-state index < -0.39 is 0 Å². The molecule has 5 heteroatoms. The molecule has 0 amide bonds. The lowest BCUT2D eigenvalue weighted by atomic mass is 10.2. The summed E-state index contributed by atoms with van der Waals surface area (Å²) in [5.41, 5.74) is 0. The fraction of sp³-hybridized carbons (Fsp3) is 0.692. The van der Waals surface area contributed by atoms with Crippen molar-refractivity contribution in [3.63, 3.8) is 0 Å². The number of hydrogen-bond donors (Lipinski definition) is 1. The summed E-state index contributed by atoms with van der Waals surface area (Å²) in [6, 6.07) is 2.58. The third kappa shape index (κ3) is 2.90. The molecule has 1 unspecified atom stereocenters. The summed E-state index contributed by atoms with van der Waals surface area (Å²) in [5.74, 6) is 1.75. The maximum Gasteiger partial charge on any atom is 0.224 e. The summed E-state index contributed by atoms with van der Waals surface area (Å²) >= 11 is 0. The van der Waals surface area contributed by atoms with Crippen LogP contribution in [0, 0.1) is 0 Å². The molecule has 1 atom stereocenters. The van der Waals surface area contributed by atoms with Crippen molar-refractivity contribution in [1.82, 2.24) is 14.9 Å². The van der Waals surface area contributed by atoms with Crippen molar-refractivity contribution in [1.29, 1.82) is 0 Å². The van der Waals surface area contributed by atoms with Gasteiger partial charge in [-0.3, -0.25) is 4.90 Å². The van der Waals surface area contributed by atoms with Crippen molar-refractivity contribution in [2.75, 3.05) is 42.9 Å². The molecular formula is C13H23N5. The Morgan fingerprint density at radius 3 is 2.89 bits per heavy atom. The first kappa shape index (κ1) is 13.1. The van der Waals surface area contributed by atoms with E-state index in [1.54, 1.807) is 0 Å². The smallest absolute Gasteiger partial charge is 0.224 e. The monoisotopic (exact) mass is 249 g/mol. The normalized spacial score (nSPS) is 21.1. The van der Waals surface area contributed by atoms with Crippen molar-refractivity contribution < 1.29 is 0 Å². The highest BCUT2D eigenvalue weighted by molar-refractivity contribution is 5.43. The first-order chi connectivity index (χ1) is 8.74. The fourth-order valence-electron chi connectivity index (χ4n) is 2.44. The predicted octanol–water partition coefficient (Wildman–Crippen LogP) is 1.44. The van der Waals surface area contributed by atoms with Gasteiger partial charge in [0.05, 0.1) is 0 Å². The second-order valence-corrected chi connectivity index (χ2v) is 4.69. The Kier molecular flexibility index (Phi) is 4.36. The molecule has 1 aromatic rings. The highest BCUT2D eigenvalue weighted by Gasteiger charge is 2.23. The van der Waals surface area contributed by atoms with Crippen LogP contribution >= 0.6 is 0 Å². The minimum absolute atomic E-state index is 0.585. The number of anilines is 2. The number of rotatable bonds is 4. The molecule has 1 aliphatic heterocycles. The highest BCUT2D eigenvalue weighted by atomic mass is 15.3. The fourth-order valence-corrected chi connectivity index (χ4v) is 2.44. The third-order valence-corrected chi connectivity index (χ3v) is 3.47. The first-order valence-corrected chi connectivity index (χ1v) is 6.80. The molecular weight excluding hydrogens is 226 g/mol. The summed E-state index contributed by atoms with van der Waals surface area (Å²) < 4.78 is 0. The van der Waals surface area contributed by atoms with Gasteiger partial charge in [-0.1, -0.05) is 6.92 Å². The van der Waals surface area contributed by atoms with Gasteiger partial charge in [0, 0.05) is 38.4 Å². The largest absolute Gasteiger partial charge is 0.354 e. The highest BCUT2D eigenvalue weighted by Crippen LogP contribution is 2.17. The van der Waals surface area contributed by atoms with E-state index in [4.69, 9.17) is 0 Å². The van der Waals surface area contributed by atoms with Crippen LogP contribution in [0.1, 0.15) is 20.8 Å². The number of nitrogens with one attached hydrogen (secondary N) is 1. The maximum absolute atomic E-state index is 4.56. The first-order valence-electron chi connectivity index (χ1n) is 6.80. The third-order valence-electron chi connectivity index (χ3n) is 3.47. The number of piperazine rings is 1. The lowest BCUT2D eigenvalue weighted by Gasteiger charge is -2.39. The number of hydrogen-bond acceptors (Lipinski definition) is 5. The number of nitrogens with zero attached hydrogens (tertiary/aromatic N) is 4. The quantitative estimate of drug-likeness (QED) is 0.874. The van der Waals surface area contributed by atoms with E-state index >= 15 is 0 Å². The molecule has 0 spiro atoms. The van der Waals surface area contributed by atoms with Crippen LogP contribution in [0.15, 0.2) is 12.3 Å². The average Bonchev–Trinajstić information content (AvgIpc) is 2.39. The van der Waals surface area contributed by atoms with Gasteiger partial charge >= 0.3 is 0 Å². The molecule has 0 aliphatic carbocycles. The molecule has 1 fully saturated rings. The number of aromatic nitrogens is 2. The van der Waals surface area contributed by atoms with E-state index in [9.17, 15) is 0 Å². The Balaban J connectivity index is 2.05. The van der Waals surface area contributed by atoms with Crippen molar-refractivity contribution in [2.24, 2.45) is 0 Å². The predicted molar refractivity (Wildman–Crippen MR) is 75.1 cm³/mol. The summed E-state index contributed by atoms with van der Waals surface area (Å²) in [6.45, 7) is 11.7. The van der Waals surface area contributed by atoms with Crippen molar-refractivity contribution in [3.05, 3.63) is 12.3 Å². The van der Waals surface area contributed by atoms with Crippen LogP contribution in [-0.4, -0.2) is 53.6 Å². The Labute approximate surface area is 109 Å². The Hall–Kier alpha value is -1.36. The van der Waals surface area contributed by atoms with Crippen LogP contribution in [0.2, 0.25) is 0 Å². The van der Waals surface area contributed by atoms with Crippen LogP contribution < -0.4 is 10.2 Å². The van der Waals surface area contributed by atoms with Crippen LogP contribution in [-0.2, 0) is 0 Å². The van der Waals surface area contributed by atoms with E-state index in [1.165, 1.54) is 0 Å². The molecule has 2 heterocycles. The molecule has 0 saturated carbocycles. The standard InChI is InChI=1S/C13H23N5/c1-4-14-13-15-7-6-12(16-13)18-9-8-17(5-2)11(3)10-18/h6-7,11H,4-5,8-10H2,1-3H3,(H,14,15,16). The second kappa shape index (κ2) is 6.00. The zero-order chi connectivity index (χ0) is 13.0. The summed E-state index contributed by atoms with van der Waals surface area (Å²) in [5, 5.41) is 3.16.